The average molecular weight is 295 g/mol. The van der Waals surface area contributed by atoms with Crippen LogP contribution in [0.5, 0.6) is 0 Å². The summed E-state index contributed by atoms with van der Waals surface area (Å²) in [6, 6.07) is 3.98. The lowest BCUT2D eigenvalue weighted by atomic mass is 10.1. The molecule has 0 fully saturated rings. The SMILES string of the molecule is CCCNCc1cncc(-c2occc2Br)c1. The molecule has 2 aromatic heterocycles. The largest absolute Gasteiger partial charge is 0.463 e. The van der Waals surface area contributed by atoms with Gasteiger partial charge in [-0.3, -0.25) is 4.98 Å². The molecular weight excluding hydrogens is 280 g/mol. The van der Waals surface area contributed by atoms with Gasteiger partial charge in [0.05, 0.1) is 10.7 Å². The molecule has 0 saturated carbocycles. The van der Waals surface area contributed by atoms with Crippen molar-refractivity contribution in [2.24, 2.45) is 0 Å². The van der Waals surface area contributed by atoms with E-state index in [2.05, 4.69) is 39.2 Å². The zero-order valence-electron chi connectivity index (χ0n) is 9.74. The summed E-state index contributed by atoms with van der Waals surface area (Å²) >= 11 is 3.45. The molecule has 3 nitrogen and oxygen atoms in total. The first-order valence-corrected chi connectivity index (χ1v) is 6.48. The molecule has 90 valence electrons. The molecule has 0 aromatic carbocycles. The molecule has 4 heteroatoms. The maximum Gasteiger partial charge on any atom is 0.149 e. The maximum atomic E-state index is 5.42. The second kappa shape index (κ2) is 5.98. The molecule has 0 unspecified atom stereocenters. The van der Waals surface area contributed by atoms with Crippen molar-refractivity contribution in [1.29, 1.82) is 0 Å². The van der Waals surface area contributed by atoms with Gasteiger partial charge in [0.1, 0.15) is 5.76 Å². The van der Waals surface area contributed by atoms with Crippen LogP contribution in [-0.4, -0.2) is 11.5 Å². The Hall–Kier alpha value is -1.13. The smallest absolute Gasteiger partial charge is 0.149 e. The van der Waals surface area contributed by atoms with E-state index in [4.69, 9.17) is 4.42 Å². The van der Waals surface area contributed by atoms with Crippen LogP contribution in [0, 0.1) is 0 Å². The summed E-state index contributed by atoms with van der Waals surface area (Å²) in [7, 11) is 0. The molecular formula is C13H15BrN2O. The number of furan rings is 1. The summed E-state index contributed by atoms with van der Waals surface area (Å²) in [6.45, 7) is 4.02. The first-order chi connectivity index (χ1) is 8.31. The van der Waals surface area contributed by atoms with Crippen LogP contribution in [0.3, 0.4) is 0 Å². The van der Waals surface area contributed by atoms with E-state index in [0.29, 0.717) is 0 Å². The van der Waals surface area contributed by atoms with Crippen molar-refractivity contribution in [1.82, 2.24) is 10.3 Å². The molecule has 2 heterocycles. The Labute approximate surface area is 109 Å². The van der Waals surface area contributed by atoms with Crippen LogP contribution >= 0.6 is 15.9 Å². The summed E-state index contributed by atoms with van der Waals surface area (Å²) in [5.41, 5.74) is 2.16. The third-order valence-electron chi connectivity index (χ3n) is 2.43. The Kier molecular flexibility index (Phi) is 4.34. The number of pyridine rings is 1. The molecule has 1 N–H and O–H groups in total. The molecule has 2 rings (SSSR count). The third-order valence-corrected chi connectivity index (χ3v) is 3.05. The van der Waals surface area contributed by atoms with Crippen LogP contribution in [0.25, 0.3) is 11.3 Å². The zero-order valence-corrected chi connectivity index (χ0v) is 11.3. The summed E-state index contributed by atoms with van der Waals surface area (Å²) in [5.74, 6) is 0.829. The third kappa shape index (κ3) is 3.17. The molecule has 17 heavy (non-hydrogen) atoms. The lowest BCUT2D eigenvalue weighted by Gasteiger charge is -2.04. The van der Waals surface area contributed by atoms with Gasteiger partial charge < -0.3 is 9.73 Å². The molecule has 0 amide bonds. The van der Waals surface area contributed by atoms with E-state index < -0.39 is 0 Å². The highest BCUT2D eigenvalue weighted by atomic mass is 79.9. The van der Waals surface area contributed by atoms with Gasteiger partial charge in [0, 0.05) is 24.5 Å². The van der Waals surface area contributed by atoms with Crippen molar-refractivity contribution < 1.29 is 4.42 Å². The Morgan fingerprint density at radius 3 is 3.00 bits per heavy atom. The molecule has 0 spiro atoms. The minimum absolute atomic E-state index is 0.829. The zero-order chi connectivity index (χ0) is 12.1. The first-order valence-electron chi connectivity index (χ1n) is 5.69. The van der Waals surface area contributed by atoms with Crippen molar-refractivity contribution in [3.8, 4) is 11.3 Å². The van der Waals surface area contributed by atoms with Crippen LogP contribution in [0.15, 0.2) is 39.7 Å². The van der Waals surface area contributed by atoms with Gasteiger partial charge in [-0.15, -0.1) is 0 Å². The fraction of sp³-hybridized carbons (Fsp3) is 0.308. The van der Waals surface area contributed by atoms with Gasteiger partial charge in [-0.1, -0.05) is 6.92 Å². The first kappa shape index (κ1) is 12.3. The van der Waals surface area contributed by atoms with Crippen molar-refractivity contribution in [3.63, 3.8) is 0 Å². The highest BCUT2D eigenvalue weighted by Gasteiger charge is 2.07. The second-order valence-electron chi connectivity index (χ2n) is 3.86. The van der Waals surface area contributed by atoms with E-state index >= 15 is 0 Å². The Balaban J connectivity index is 2.14. The van der Waals surface area contributed by atoms with Crippen molar-refractivity contribution in [3.05, 3.63) is 40.8 Å². The predicted octanol–water partition coefficient (Wildman–Crippen LogP) is 3.60. The number of rotatable bonds is 5. The van der Waals surface area contributed by atoms with Crippen molar-refractivity contribution in [2.45, 2.75) is 19.9 Å². The van der Waals surface area contributed by atoms with E-state index in [1.165, 1.54) is 5.56 Å². The monoisotopic (exact) mass is 294 g/mol. The topological polar surface area (TPSA) is 38.1 Å². The number of nitrogens with one attached hydrogen (secondary N) is 1. The number of nitrogens with zero attached hydrogens (tertiary/aromatic N) is 1. The molecule has 0 atom stereocenters. The lowest BCUT2D eigenvalue weighted by Crippen LogP contribution is -2.13. The minimum Gasteiger partial charge on any atom is -0.463 e. The van der Waals surface area contributed by atoms with E-state index in [-0.39, 0.29) is 0 Å². The molecule has 2 aromatic rings. The Bertz CT molecular complexity index is 482. The van der Waals surface area contributed by atoms with Gasteiger partial charge in [-0.2, -0.15) is 0 Å². The summed E-state index contributed by atoms with van der Waals surface area (Å²) in [4.78, 5) is 4.24. The van der Waals surface area contributed by atoms with Crippen molar-refractivity contribution in [2.75, 3.05) is 6.54 Å². The fourth-order valence-corrected chi connectivity index (χ4v) is 2.05. The predicted molar refractivity (Wildman–Crippen MR) is 71.6 cm³/mol. The molecule has 0 radical (unpaired) electrons. The summed E-state index contributed by atoms with van der Waals surface area (Å²) in [5, 5.41) is 3.36. The molecule has 0 bridgehead atoms. The maximum absolute atomic E-state index is 5.42. The number of aromatic nitrogens is 1. The van der Waals surface area contributed by atoms with Gasteiger partial charge in [-0.05, 0) is 46.6 Å². The highest BCUT2D eigenvalue weighted by Crippen LogP contribution is 2.28. The fourth-order valence-electron chi connectivity index (χ4n) is 1.62. The minimum atomic E-state index is 0.829. The van der Waals surface area contributed by atoms with Crippen LogP contribution in [0.2, 0.25) is 0 Å². The van der Waals surface area contributed by atoms with Gasteiger partial charge in [0.25, 0.3) is 0 Å². The molecule has 0 aliphatic heterocycles. The normalized spacial score (nSPS) is 10.7. The number of hydrogen-bond acceptors (Lipinski definition) is 3. The lowest BCUT2D eigenvalue weighted by molar-refractivity contribution is 0.580. The van der Waals surface area contributed by atoms with Gasteiger partial charge >= 0.3 is 0 Å². The number of hydrogen-bond donors (Lipinski definition) is 1. The molecule has 0 aliphatic rings. The van der Waals surface area contributed by atoms with E-state index in [1.807, 2.05) is 18.5 Å². The molecule has 0 saturated heterocycles. The second-order valence-corrected chi connectivity index (χ2v) is 4.71. The standard InChI is InChI=1S/C13H15BrN2O/c1-2-4-15-7-10-6-11(9-16-8-10)13-12(14)3-5-17-13/h3,5-6,8-9,15H,2,4,7H2,1H3. The van der Waals surface area contributed by atoms with Gasteiger partial charge in [0.2, 0.25) is 0 Å². The van der Waals surface area contributed by atoms with E-state index in [9.17, 15) is 0 Å². The van der Waals surface area contributed by atoms with Gasteiger partial charge in [0.15, 0.2) is 0 Å². The number of halogens is 1. The van der Waals surface area contributed by atoms with Crippen LogP contribution < -0.4 is 5.32 Å². The average Bonchev–Trinajstić information content (AvgIpc) is 2.76. The van der Waals surface area contributed by atoms with E-state index in [1.54, 1.807) is 6.26 Å². The van der Waals surface area contributed by atoms with Crippen molar-refractivity contribution >= 4 is 15.9 Å². The van der Waals surface area contributed by atoms with Gasteiger partial charge in [-0.25, -0.2) is 0 Å². The quantitative estimate of drug-likeness (QED) is 0.856. The van der Waals surface area contributed by atoms with Crippen LogP contribution in [0.1, 0.15) is 18.9 Å². The summed E-state index contributed by atoms with van der Waals surface area (Å²) in [6.07, 6.45) is 6.49. The van der Waals surface area contributed by atoms with E-state index in [0.717, 1.165) is 35.3 Å². The Morgan fingerprint density at radius 1 is 1.41 bits per heavy atom. The van der Waals surface area contributed by atoms with Crippen LogP contribution in [0.4, 0.5) is 0 Å². The highest BCUT2D eigenvalue weighted by molar-refractivity contribution is 9.10. The van der Waals surface area contributed by atoms with Crippen LogP contribution in [-0.2, 0) is 6.54 Å². The Morgan fingerprint density at radius 2 is 2.29 bits per heavy atom. The summed E-state index contributed by atoms with van der Waals surface area (Å²) < 4.78 is 6.38. The molecule has 0 aliphatic carbocycles.